The Labute approximate surface area is 164 Å². The van der Waals surface area contributed by atoms with Gasteiger partial charge in [0.05, 0.1) is 21.4 Å². The van der Waals surface area contributed by atoms with E-state index in [1.54, 1.807) is 36.7 Å². The van der Waals surface area contributed by atoms with Crippen molar-refractivity contribution < 1.29 is 13.2 Å². The summed E-state index contributed by atoms with van der Waals surface area (Å²) in [6.45, 7) is 0. The first-order valence-electron chi connectivity index (χ1n) is 8.74. The van der Waals surface area contributed by atoms with Crippen molar-refractivity contribution in [3.63, 3.8) is 0 Å². The highest BCUT2D eigenvalue weighted by atomic mass is 32.2. The Morgan fingerprint density at radius 2 is 1.75 bits per heavy atom. The molecule has 1 aromatic heterocycles. The minimum Gasteiger partial charge on any atom is -0.299 e. The maximum absolute atomic E-state index is 12.7. The van der Waals surface area contributed by atoms with E-state index in [0.717, 1.165) is 11.1 Å². The quantitative estimate of drug-likeness (QED) is 0.616. The topological polar surface area (TPSA) is 87.9 Å². The zero-order chi connectivity index (χ0) is 20.0. The van der Waals surface area contributed by atoms with E-state index >= 15 is 0 Å². The van der Waals surface area contributed by atoms with Gasteiger partial charge in [-0.3, -0.25) is 9.78 Å². The molecule has 0 saturated heterocycles. The summed E-state index contributed by atoms with van der Waals surface area (Å²) in [6, 6.07) is 17.9. The van der Waals surface area contributed by atoms with E-state index in [1.165, 1.54) is 24.3 Å². The summed E-state index contributed by atoms with van der Waals surface area (Å²) in [7, 11) is -3.71. The lowest BCUT2D eigenvalue weighted by Gasteiger charge is -2.07. The van der Waals surface area contributed by atoms with Gasteiger partial charge >= 0.3 is 0 Å². The van der Waals surface area contributed by atoms with E-state index in [4.69, 9.17) is 5.26 Å². The molecule has 0 atom stereocenters. The fourth-order valence-electron chi connectivity index (χ4n) is 2.80. The van der Waals surface area contributed by atoms with Crippen molar-refractivity contribution >= 4 is 15.6 Å². The first-order valence-corrected chi connectivity index (χ1v) is 10.2. The third-order valence-electron chi connectivity index (χ3n) is 4.32. The fourth-order valence-corrected chi connectivity index (χ4v) is 4.11. The van der Waals surface area contributed by atoms with Crippen molar-refractivity contribution in [3.05, 3.63) is 89.7 Å². The molecule has 0 bridgehead atoms. The summed E-state index contributed by atoms with van der Waals surface area (Å²) in [6.07, 6.45) is 4.73. The Balaban J connectivity index is 1.67. The number of sulfone groups is 1. The molecule has 0 aliphatic rings. The number of carbonyl (C=O) groups is 1. The van der Waals surface area contributed by atoms with Gasteiger partial charge in [0, 0.05) is 25.2 Å². The van der Waals surface area contributed by atoms with Gasteiger partial charge in [0.15, 0.2) is 0 Å². The van der Waals surface area contributed by atoms with Gasteiger partial charge in [-0.25, -0.2) is 8.42 Å². The van der Waals surface area contributed by atoms with E-state index in [0.29, 0.717) is 12.8 Å². The van der Waals surface area contributed by atoms with Crippen LogP contribution in [0.2, 0.25) is 0 Å². The highest BCUT2D eigenvalue weighted by molar-refractivity contribution is 7.91. The lowest BCUT2D eigenvalue weighted by atomic mass is 10.0. The van der Waals surface area contributed by atoms with Crippen LogP contribution in [0.4, 0.5) is 0 Å². The predicted molar refractivity (Wildman–Crippen MR) is 104 cm³/mol. The highest BCUT2D eigenvalue weighted by Crippen LogP contribution is 2.22. The number of ketones is 1. The maximum atomic E-state index is 12.7. The third kappa shape index (κ3) is 4.70. The minimum absolute atomic E-state index is 0.0758. The average Bonchev–Trinajstić information content (AvgIpc) is 2.73. The van der Waals surface area contributed by atoms with E-state index in [9.17, 15) is 13.2 Å². The maximum Gasteiger partial charge on any atom is 0.206 e. The molecule has 3 aromatic rings. The first-order chi connectivity index (χ1) is 13.5. The molecule has 0 saturated carbocycles. The number of rotatable bonds is 7. The number of benzene rings is 2. The van der Waals surface area contributed by atoms with Crippen LogP contribution in [-0.4, -0.2) is 19.2 Å². The van der Waals surface area contributed by atoms with E-state index in [-0.39, 0.29) is 27.6 Å². The van der Waals surface area contributed by atoms with Crippen LogP contribution in [0.3, 0.4) is 0 Å². The Morgan fingerprint density at radius 1 is 0.964 bits per heavy atom. The number of nitriles is 1. The van der Waals surface area contributed by atoms with Crippen LogP contribution in [0.1, 0.15) is 23.1 Å². The molecule has 0 fully saturated rings. The summed E-state index contributed by atoms with van der Waals surface area (Å²) < 4.78 is 25.4. The summed E-state index contributed by atoms with van der Waals surface area (Å²) in [5.74, 6) is 0.0844. The number of hydrogen-bond donors (Lipinski definition) is 0. The largest absolute Gasteiger partial charge is 0.299 e. The zero-order valence-electron chi connectivity index (χ0n) is 15.1. The number of Topliss-reactive ketones (excluding diaryl/α,β-unsaturated/α-hetero) is 1. The molecule has 0 N–H and O–H groups in total. The molecule has 0 amide bonds. The number of hydrogen-bond acceptors (Lipinski definition) is 5. The Morgan fingerprint density at radius 3 is 2.43 bits per heavy atom. The van der Waals surface area contributed by atoms with Crippen LogP contribution in [0.25, 0.3) is 0 Å². The van der Waals surface area contributed by atoms with Crippen LogP contribution in [0.15, 0.2) is 82.8 Å². The number of carbonyl (C=O) groups excluding carboxylic acids is 1. The van der Waals surface area contributed by atoms with Gasteiger partial charge in [-0.1, -0.05) is 24.3 Å². The molecule has 0 spiro atoms. The molecule has 28 heavy (non-hydrogen) atoms. The molecule has 140 valence electrons. The third-order valence-corrected chi connectivity index (χ3v) is 6.09. The van der Waals surface area contributed by atoms with E-state index in [1.807, 2.05) is 18.2 Å². The Kier molecular flexibility index (Phi) is 5.97. The molecule has 2 aromatic carbocycles. The van der Waals surface area contributed by atoms with Gasteiger partial charge in [-0.05, 0) is 53.9 Å². The second-order valence-electron chi connectivity index (χ2n) is 6.36. The van der Waals surface area contributed by atoms with Crippen LogP contribution < -0.4 is 0 Å². The standard InChI is InChI=1S/C22H18N2O3S/c23-15-19-3-1-5-22(14-19)28(26,27)21-10-7-17(8-11-21)13-20(25)9-6-18-4-2-12-24-16-18/h1-5,7-8,10-12,14,16H,6,9,13H2. The Hall–Kier alpha value is -3.30. The molecular weight excluding hydrogens is 372 g/mol. The summed E-state index contributed by atoms with van der Waals surface area (Å²) in [5.41, 5.74) is 2.06. The van der Waals surface area contributed by atoms with Gasteiger partial charge in [0.25, 0.3) is 0 Å². The van der Waals surface area contributed by atoms with Crippen LogP contribution >= 0.6 is 0 Å². The van der Waals surface area contributed by atoms with Crippen molar-refractivity contribution in [2.24, 2.45) is 0 Å². The number of aromatic nitrogens is 1. The second-order valence-corrected chi connectivity index (χ2v) is 8.31. The molecule has 0 aliphatic carbocycles. The van der Waals surface area contributed by atoms with Crippen LogP contribution in [-0.2, 0) is 27.5 Å². The summed E-state index contributed by atoms with van der Waals surface area (Å²) >= 11 is 0. The molecule has 0 unspecified atom stereocenters. The van der Waals surface area contributed by atoms with Crippen molar-refractivity contribution in [2.45, 2.75) is 29.1 Å². The van der Waals surface area contributed by atoms with Gasteiger partial charge < -0.3 is 0 Å². The smallest absolute Gasteiger partial charge is 0.206 e. The monoisotopic (exact) mass is 390 g/mol. The van der Waals surface area contributed by atoms with E-state index in [2.05, 4.69) is 4.98 Å². The van der Waals surface area contributed by atoms with Crippen molar-refractivity contribution in [3.8, 4) is 6.07 Å². The van der Waals surface area contributed by atoms with Crippen LogP contribution in [0.5, 0.6) is 0 Å². The predicted octanol–water partition coefficient (Wildman–Crippen LogP) is 3.53. The summed E-state index contributed by atoms with van der Waals surface area (Å²) in [5, 5.41) is 8.95. The van der Waals surface area contributed by atoms with Gasteiger partial charge in [0.1, 0.15) is 5.78 Å². The van der Waals surface area contributed by atoms with Crippen LogP contribution in [0, 0.1) is 11.3 Å². The Bertz CT molecular complexity index is 1120. The first kappa shape index (κ1) is 19.5. The molecular formula is C22H18N2O3S. The molecule has 1 heterocycles. The molecule has 3 rings (SSSR count). The molecule has 6 heteroatoms. The van der Waals surface area contributed by atoms with E-state index < -0.39 is 9.84 Å². The van der Waals surface area contributed by atoms with Gasteiger partial charge in [-0.2, -0.15) is 5.26 Å². The highest BCUT2D eigenvalue weighted by Gasteiger charge is 2.18. The number of pyridine rings is 1. The number of aryl methyl sites for hydroxylation is 1. The van der Waals surface area contributed by atoms with Crippen molar-refractivity contribution in [1.29, 1.82) is 5.26 Å². The van der Waals surface area contributed by atoms with Gasteiger partial charge in [-0.15, -0.1) is 0 Å². The second kappa shape index (κ2) is 8.59. The zero-order valence-corrected chi connectivity index (χ0v) is 15.9. The lowest BCUT2D eigenvalue weighted by molar-refractivity contribution is -0.118. The molecule has 0 radical (unpaired) electrons. The normalized spacial score (nSPS) is 11.0. The SMILES string of the molecule is N#Cc1cccc(S(=O)(=O)c2ccc(CC(=O)CCc3cccnc3)cc2)c1. The molecule has 5 nitrogen and oxygen atoms in total. The van der Waals surface area contributed by atoms with Gasteiger partial charge in [0.2, 0.25) is 9.84 Å². The minimum atomic E-state index is -3.71. The lowest BCUT2D eigenvalue weighted by Crippen LogP contribution is -2.06. The number of nitrogens with zero attached hydrogens (tertiary/aromatic N) is 2. The molecule has 0 aliphatic heterocycles. The van der Waals surface area contributed by atoms with Crippen molar-refractivity contribution in [1.82, 2.24) is 4.98 Å². The average molecular weight is 390 g/mol. The summed E-state index contributed by atoms with van der Waals surface area (Å²) in [4.78, 5) is 16.4. The van der Waals surface area contributed by atoms with Crippen molar-refractivity contribution in [2.75, 3.05) is 0 Å². The fraction of sp³-hybridized carbons (Fsp3) is 0.136.